The molecule has 0 aromatic rings. The number of hydrogen-bond acceptors (Lipinski definition) is 4. The van der Waals surface area contributed by atoms with E-state index in [1.165, 1.54) is 0 Å². The number of hydrogen-bond donors (Lipinski definition) is 3. The molecule has 5 nitrogen and oxygen atoms in total. The summed E-state index contributed by atoms with van der Waals surface area (Å²) >= 11 is 0. The SMILES string of the molecule is CC(O)CN(CCO)CC(C)C(=O)O. The highest BCUT2D eigenvalue weighted by Gasteiger charge is 2.16. The van der Waals surface area contributed by atoms with Crippen LogP contribution in [0.25, 0.3) is 0 Å². The average molecular weight is 205 g/mol. The summed E-state index contributed by atoms with van der Waals surface area (Å²) in [6.07, 6.45) is -0.512. The molecule has 0 aliphatic rings. The molecule has 5 heteroatoms. The van der Waals surface area contributed by atoms with Crippen LogP contribution in [0.4, 0.5) is 0 Å². The van der Waals surface area contributed by atoms with Crippen LogP contribution in [0.15, 0.2) is 0 Å². The third-order valence-corrected chi connectivity index (χ3v) is 1.89. The molecule has 0 saturated carbocycles. The molecule has 0 rings (SSSR count). The number of carboxylic acids is 1. The average Bonchev–Trinajstić information content (AvgIpc) is 2.02. The molecule has 0 aliphatic heterocycles. The highest BCUT2D eigenvalue weighted by molar-refractivity contribution is 5.69. The molecule has 0 heterocycles. The largest absolute Gasteiger partial charge is 0.481 e. The Morgan fingerprint density at radius 3 is 2.29 bits per heavy atom. The lowest BCUT2D eigenvalue weighted by molar-refractivity contribution is -0.141. The summed E-state index contributed by atoms with van der Waals surface area (Å²) in [5, 5.41) is 26.5. The maximum atomic E-state index is 10.6. The molecule has 0 aliphatic carbocycles. The van der Waals surface area contributed by atoms with E-state index in [-0.39, 0.29) is 6.61 Å². The maximum Gasteiger partial charge on any atom is 0.307 e. The van der Waals surface area contributed by atoms with Crippen molar-refractivity contribution in [1.29, 1.82) is 0 Å². The van der Waals surface area contributed by atoms with Gasteiger partial charge in [0.05, 0.1) is 18.6 Å². The van der Waals surface area contributed by atoms with Gasteiger partial charge in [-0.1, -0.05) is 6.92 Å². The van der Waals surface area contributed by atoms with E-state index in [9.17, 15) is 4.79 Å². The molecule has 2 atom stereocenters. The lowest BCUT2D eigenvalue weighted by Crippen LogP contribution is -2.38. The molecule has 0 amide bonds. The van der Waals surface area contributed by atoms with Crippen molar-refractivity contribution in [3.8, 4) is 0 Å². The molecule has 14 heavy (non-hydrogen) atoms. The molecule has 0 aromatic heterocycles. The lowest BCUT2D eigenvalue weighted by Gasteiger charge is -2.24. The summed E-state index contributed by atoms with van der Waals surface area (Å²) < 4.78 is 0. The zero-order valence-electron chi connectivity index (χ0n) is 8.68. The van der Waals surface area contributed by atoms with Crippen molar-refractivity contribution in [2.45, 2.75) is 20.0 Å². The van der Waals surface area contributed by atoms with Gasteiger partial charge in [0.2, 0.25) is 0 Å². The summed E-state index contributed by atoms with van der Waals surface area (Å²) in [7, 11) is 0. The van der Waals surface area contributed by atoms with Gasteiger partial charge in [-0.25, -0.2) is 0 Å². The third kappa shape index (κ3) is 5.90. The van der Waals surface area contributed by atoms with Gasteiger partial charge in [-0.2, -0.15) is 0 Å². The number of nitrogens with zero attached hydrogens (tertiary/aromatic N) is 1. The predicted molar refractivity (Wildman–Crippen MR) is 52.0 cm³/mol. The van der Waals surface area contributed by atoms with Gasteiger partial charge in [-0.05, 0) is 6.92 Å². The van der Waals surface area contributed by atoms with Crippen LogP contribution < -0.4 is 0 Å². The van der Waals surface area contributed by atoms with Crippen LogP contribution in [0.2, 0.25) is 0 Å². The van der Waals surface area contributed by atoms with Gasteiger partial charge < -0.3 is 15.3 Å². The second kappa shape index (κ2) is 6.75. The highest BCUT2D eigenvalue weighted by Crippen LogP contribution is 2.01. The molecule has 0 aromatic carbocycles. The van der Waals surface area contributed by atoms with Crippen LogP contribution >= 0.6 is 0 Å². The highest BCUT2D eigenvalue weighted by atomic mass is 16.4. The third-order valence-electron chi connectivity index (χ3n) is 1.89. The van der Waals surface area contributed by atoms with Gasteiger partial charge in [-0.3, -0.25) is 9.69 Å². The molecule has 3 N–H and O–H groups in total. The quantitative estimate of drug-likeness (QED) is 0.516. The Kier molecular flexibility index (Phi) is 6.44. The van der Waals surface area contributed by atoms with Crippen LogP contribution in [-0.2, 0) is 4.79 Å². The van der Waals surface area contributed by atoms with Crippen LogP contribution in [-0.4, -0.2) is 58.5 Å². The molecule has 0 fully saturated rings. The van der Waals surface area contributed by atoms with Crippen molar-refractivity contribution in [3.63, 3.8) is 0 Å². The molecule has 0 bridgehead atoms. The van der Waals surface area contributed by atoms with Crippen LogP contribution in [0.3, 0.4) is 0 Å². The molecule has 0 radical (unpaired) electrons. The normalized spacial score (nSPS) is 15.5. The topological polar surface area (TPSA) is 81.0 Å². The standard InChI is InChI=1S/C9H19NO4/c1-7(9(13)14)5-10(3-4-11)6-8(2)12/h7-8,11-12H,3-6H2,1-2H3,(H,13,14). The fourth-order valence-corrected chi connectivity index (χ4v) is 1.24. The fraction of sp³-hybridized carbons (Fsp3) is 0.889. The summed E-state index contributed by atoms with van der Waals surface area (Å²) in [6, 6.07) is 0. The zero-order chi connectivity index (χ0) is 11.1. The van der Waals surface area contributed by atoms with Gasteiger partial charge >= 0.3 is 5.97 Å². The first kappa shape index (κ1) is 13.4. The van der Waals surface area contributed by atoms with Gasteiger partial charge in [0.1, 0.15) is 0 Å². The second-order valence-corrected chi connectivity index (χ2v) is 3.57. The van der Waals surface area contributed by atoms with Crippen LogP contribution in [0.5, 0.6) is 0 Å². The minimum Gasteiger partial charge on any atom is -0.481 e. The van der Waals surface area contributed by atoms with Crippen molar-refractivity contribution < 1.29 is 20.1 Å². The van der Waals surface area contributed by atoms with Crippen molar-refractivity contribution >= 4 is 5.97 Å². The first-order valence-electron chi connectivity index (χ1n) is 4.71. The Balaban J connectivity index is 4.01. The Morgan fingerprint density at radius 2 is 1.93 bits per heavy atom. The Labute approximate surface area is 84.0 Å². The summed E-state index contributed by atoms with van der Waals surface area (Å²) in [4.78, 5) is 12.3. The molecule has 84 valence electrons. The van der Waals surface area contributed by atoms with Gasteiger partial charge in [0.25, 0.3) is 0 Å². The van der Waals surface area contributed by atoms with Crippen molar-refractivity contribution in [1.82, 2.24) is 4.90 Å². The zero-order valence-corrected chi connectivity index (χ0v) is 8.68. The Hall–Kier alpha value is -0.650. The summed E-state index contributed by atoms with van der Waals surface area (Å²) in [5.41, 5.74) is 0. The lowest BCUT2D eigenvalue weighted by atomic mass is 10.1. The van der Waals surface area contributed by atoms with Crippen LogP contribution in [0, 0.1) is 5.92 Å². The van der Waals surface area contributed by atoms with E-state index in [0.29, 0.717) is 19.6 Å². The van der Waals surface area contributed by atoms with E-state index in [1.807, 2.05) is 0 Å². The summed E-state index contributed by atoms with van der Waals surface area (Å²) in [6.45, 7) is 4.34. The molecule has 0 saturated heterocycles. The number of aliphatic hydroxyl groups excluding tert-OH is 2. The first-order valence-corrected chi connectivity index (χ1v) is 4.71. The monoisotopic (exact) mass is 205 g/mol. The molecular formula is C9H19NO4. The van der Waals surface area contributed by atoms with E-state index in [2.05, 4.69) is 0 Å². The Morgan fingerprint density at radius 1 is 1.36 bits per heavy atom. The van der Waals surface area contributed by atoms with Crippen molar-refractivity contribution in [2.75, 3.05) is 26.2 Å². The van der Waals surface area contributed by atoms with Gasteiger partial charge in [0.15, 0.2) is 0 Å². The van der Waals surface area contributed by atoms with Crippen molar-refractivity contribution in [2.24, 2.45) is 5.92 Å². The predicted octanol–water partition coefficient (Wildman–Crippen LogP) is -0.618. The smallest absolute Gasteiger partial charge is 0.307 e. The van der Waals surface area contributed by atoms with E-state index in [4.69, 9.17) is 15.3 Å². The minimum atomic E-state index is -0.862. The van der Waals surface area contributed by atoms with Crippen molar-refractivity contribution in [3.05, 3.63) is 0 Å². The Bertz CT molecular complexity index is 172. The van der Waals surface area contributed by atoms with Gasteiger partial charge in [0, 0.05) is 19.6 Å². The first-order chi connectivity index (χ1) is 6.47. The van der Waals surface area contributed by atoms with E-state index < -0.39 is 18.0 Å². The molecule has 0 spiro atoms. The van der Waals surface area contributed by atoms with E-state index in [0.717, 1.165) is 0 Å². The van der Waals surface area contributed by atoms with Gasteiger partial charge in [-0.15, -0.1) is 0 Å². The number of rotatable bonds is 7. The number of carboxylic acid groups (broad SMARTS) is 1. The maximum absolute atomic E-state index is 10.6. The fourth-order valence-electron chi connectivity index (χ4n) is 1.24. The summed E-state index contributed by atoms with van der Waals surface area (Å²) in [5.74, 6) is -1.35. The van der Waals surface area contributed by atoms with E-state index in [1.54, 1.807) is 18.7 Å². The molecular weight excluding hydrogens is 186 g/mol. The second-order valence-electron chi connectivity index (χ2n) is 3.57. The molecule has 2 unspecified atom stereocenters. The number of carbonyl (C=O) groups is 1. The van der Waals surface area contributed by atoms with Crippen LogP contribution in [0.1, 0.15) is 13.8 Å². The van der Waals surface area contributed by atoms with E-state index >= 15 is 0 Å². The minimum absolute atomic E-state index is 0.0287. The number of aliphatic carboxylic acids is 1. The number of aliphatic hydroxyl groups is 2.